The molecule has 0 aliphatic rings. The van der Waals surface area contributed by atoms with E-state index in [4.69, 9.17) is 0 Å². The molecule has 0 spiro atoms. The molecule has 1 nitrogen and oxygen atoms in total. The van der Waals surface area contributed by atoms with Gasteiger partial charge in [0.2, 0.25) is 0 Å². The molecular weight excluding hydrogens is 250 g/mol. The van der Waals surface area contributed by atoms with Crippen molar-refractivity contribution in [3.05, 3.63) is 0 Å². The molecule has 0 saturated carbocycles. The smallest absolute Gasteiger partial charge is 0.0442 e. The molecule has 0 rings (SSSR count). The average Bonchev–Trinajstić information content (AvgIpc) is 2.17. The molecule has 0 amide bonds. The van der Waals surface area contributed by atoms with E-state index >= 15 is 0 Å². The Balaban J connectivity index is 3.41. The van der Waals surface area contributed by atoms with Crippen LogP contribution in [-0.4, -0.2) is 41.2 Å². The summed E-state index contributed by atoms with van der Waals surface area (Å²) in [7, 11) is 0.704. The SMILES string of the molecule is CN(CCCC[Si](C)(C)C)CCCC[Si](C)(C)C. The molecule has 0 aliphatic carbocycles. The van der Waals surface area contributed by atoms with Gasteiger partial charge >= 0.3 is 0 Å². The van der Waals surface area contributed by atoms with Gasteiger partial charge in [-0.1, -0.05) is 64.2 Å². The second-order valence-corrected chi connectivity index (χ2v) is 19.6. The van der Waals surface area contributed by atoms with E-state index in [0.29, 0.717) is 0 Å². The first-order valence-electron chi connectivity index (χ1n) is 7.79. The first-order chi connectivity index (χ1) is 8.10. The van der Waals surface area contributed by atoms with E-state index in [1.54, 1.807) is 0 Å². The highest BCUT2D eigenvalue weighted by Crippen LogP contribution is 2.14. The fourth-order valence-electron chi connectivity index (χ4n) is 2.19. The number of nitrogens with zero attached hydrogens (tertiary/aromatic N) is 1. The van der Waals surface area contributed by atoms with Gasteiger partial charge in [-0.2, -0.15) is 0 Å². The maximum atomic E-state index is 2.54. The summed E-state index contributed by atoms with van der Waals surface area (Å²) >= 11 is 0. The van der Waals surface area contributed by atoms with Gasteiger partial charge in [-0.3, -0.25) is 0 Å². The summed E-state index contributed by atoms with van der Waals surface area (Å²) in [4.78, 5) is 2.54. The number of rotatable bonds is 10. The lowest BCUT2D eigenvalue weighted by atomic mass is 10.3. The van der Waals surface area contributed by atoms with Crippen LogP contribution in [0.5, 0.6) is 0 Å². The molecule has 3 heteroatoms. The Hall–Kier alpha value is 0.394. The van der Waals surface area contributed by atoms with Crippen molar-refractivity contribution in [3.8, 4) is 0 Å². The number of hydrogen-bond donors (Lipinski definition) is 0. The Morgan fingerprint density at radius 3 is 1.22 bits per heavy atom. The van der Waals surface area contributed by atoms with E-state index in [1.165, 1.54) is 50.9 Å². The molecule has 110 valence electrons. The zero-order valence-electron chi connectivity index (χ0n) is 14.1. The van der Waals surface area contributed by atoms with Gasteiger partial charge in [0, 0.05) is 16.1 Å². The molecule has 0 unspecified atom stereocenters. The van der Waals surface area contributed by atoms with Crippen LogP contribution in [0.15, 0.2) is 0 Å². The molecule has 0 aliphatic heterocycles. The average molecular weight is 288 g/mol. The van der Waals surface area contributed by atoms with Gasteiger partial charge in [0.25, 0.3) is 0 Å². The van der Waals surface area contributed by atoms with E-state index in [-0.39, 0.29) is 0 Å². The van der Waals surface area contributed by atoms with E-state index in [9.17, 15) is 0 Å². The predicted molar refractivity (Wildman–Crippen MR) is 92.3 cm³/mol. The van der Waals surface area contributed by atoms with Crippen LogP contribution in [0.4, 0.5) is 0 Å². The van der Waals surface area contributed by atoms with Gasteiger partial charge < -0.3 is 4.90 Å². The molecule has 0 saturated heterocycles. The van der Waals surface area contributed by atoms with E-state index < -0.39 is 16.1 Å². The van der Waals surface area contributed by atoms with E-state index in [0.717, 1.165) is 0 Å². The van der Waals surface area contributed by atoms with Crippen LogP contribution < -0.4 is 0 Å². The van der Waals surface area contributed by atoms with Crippen molar-refractivity contribution in [2.24, 2.45) is 0 Å². The van der Waals surface area contributed by atoms with Crippen molar-refractivity contribution in [3.63, 3.8) is 0 Å². The molecule has 18 heavy (non-hydrogen) atoms. The Kier molecular flexibility index (Phi) is 8.73. The minimum Gasteiger partial charge on any atom is -0.306 e. The highest BCUT2D eigenvalue weighted by atomic mass is 28.3. The third-order valence-electron chi connectivity index (χ3n) is 3.43. The zero-order valence-corrected chi connectivity index (χ0v) is 16.1. The number of unbranched alkanes of at least 4 members (excludes halogenated alkanes) is 2. The summed E-state index contributed by atoms with van der Waals surface area (Å²) in [5.41, 5.74) is 0. The van der Waals surface area contributed by atoms with Gasteiger partial charge in [0.15, 0.2) is 0 Å². The molecule has 0 heterocycles. The summed E-state index contributed by atoms with van der Waals surface area (Å²) in [6.45, 7) is 17.5. The van der Waals surface area contributed by atoms with Crippen LogP contribution in [0.1, 0.15) is 25.7 Å². The second-order valence-electron chi connectivity index (χ2n) is 8.34. The predicted octanol–water partition coefficient (Wildman–Crippen LogP) is 5.16. The lowest BCUT2D eigenvalue weighted by Crippen LogP contribution is -2.24. The largest absolute Gasteiger partial charge is 0.306 e. The fourth-order valence-corrected chi connectivity index (χ4v) is 4.81. The normalized spacial score (nSPS) is 13.3. The fraction of sp³-hybridized carbons (Fsp3) is 1.00. The Labute approximate surface area is 118 Å². The van der Waals surface area contributed by atoms with Crippen molar-refractivity contribution >= 4 is 16.1 Å². The first-order valence-corrected chi connectivity index (χ1v) is 15.2. The Bertz CT molecular complexity index is 182. The highest BCUT2D eigenvalue weighted by Gasteiger charge is 2.13. The molecule has 0 aromatic carbocycles. The van der Waals surface area contributed by atoms with Crippen LogP contribution in [0.2, 0.25) is 51.4 Å². The Morgan fingerprint density at radius 2 is 0.944 bits per heavy atom. The van der Waals surface area contributed by atoms with Gasteiger partial charge in [-0.25, -0.2) is 0 Å². The van der Waals surface area contributed by atoms with Gasteiger partial charge in [0.05, 0.1) is 0 Å². The maximum Gasteiger partial charge on any atom is 0.0442 e. The van der Waals surface area contributed by atoms with Crippen LogP contribution in [-0.2, 0) is 0 Å². The summed E-state index contributed by atoms with van der Waals surface area (Å²) in [6, 6.07) is 2.99. The molecule has 0 bridgehead atoms. The molecule has 0 fully saturated rings. The van der Waals surface area contributed by atoms with Gasteiger partial charge in [-0.05, 0) is 33.0 Å². The summed E-state index contributed by atoms with van der Waals surface area (Å²) < 4.78 is 0. The quantitative estimate of drug-likeness (QED) is 0.396. The molecule has 0 aromatic heterocycles. The zero-order chi connectivity index (χ0) is 14.2. The molecular formula is C15H37NSi2. The molecule has 0 atom stereocenters. The van der Waals surface area contributed by atoms with Crippen LogP contribution >= 0.6 is 0 Å². The van der Waals surface area contributed by atoms with Crippen molar-refractivity contribution in [2.75, 3.05) is 20.1 Å². The summed E-state index contributed by atoms with van der Waals surface area (Å²) in [6.07, 6.45) is 5.67. The molecule has 0 N–H and O–H groups in total. The minimum atomic E-state index is -0.795. The van der Waals surface area contributed by atoms with Crippen LogP contribution in [0.3, 0.4) is 0 Å². The third-order valence-corrected chi connectivity index (χ3v) is 7.14. The van der Waals surface area contributed by atoms with Crippen LogP contribution in [0.25, 0.3) is 0 Å². The van der Waals surface area contributed by atoms with Crippen molar-refractivity contribution < 1.29 is 0 Å². The Morgan fingerprint density at radius 1 is 0.611 bits per heavy atom. The van der Waals surface area contributed by atoms with Crippen molar-refractivity contribution in [1.82, 2.24) is 4.90 Å². The third kappa shape index (κ3) is 14.5. The van der Waals surface area contributed by atoms with Crippen LogP contribution in [0, 0.1) is 0 Å². The van der Waals surface area contributed by atoms with Crippen molar-refractivity contribution in [2.45, 2.75) is 77.1 Å². The van der Waals surface area contributed by atoms with E-state index in [1.807, 2.05) is 0 Å². The molecule has 0 radical (unpaired) electrons. The lowest BCUT2D eigenvalue weighted by Gasteiger charge is -2.20. The highest BCUT2D eigenvalue weighted by molar-refractivity contribution is 6.76. The second kappa shape index (κ2) is 8.54. The summed E-state index contributed by atoms with van der Waals surface area (Å²) in [5.74, 6) is 0. The van der Waals surface area contributed by atoms with Gasteiger partial charge in [0.1, 0.15) is 0 Å². The van der Waals surface area contributed by atoms with Crippen molar-refractivity contribution in [1.29, 1.82) is 0 Å². The minimum absolute atomic E-state index is 0.795. The number of hydrogen-bond acceptors (Lipinski definition) is 1. The van der Waals surface area contributed by atoms with E-state index in [2.05, 4.69) is 51.2 Å². The lowest BCUT2D eigenvalue weighted by molar-refractivity contribution is 0.322. The standard InChI is InChI=1S/C15H37NSi2/c1-16(12-8-10-14-17(2,3)4)13-9-11-15-18(5,6)7/h8-15H2,1-7H3. The summed E-state index contributed by atoms with van der Waals surface area (Å²) in [5, 5.41) is 0. The van der Waals surface area contributed by atoms with Gasteiger partial charge in [-0.15, -0.1) is 0 Å². The monoisotopic (exact) mass is 287 g/mol. The maximum absolute atomic E-state index is 2.54. The topological polar surface area (TPSA) is 3.24 Å². The molecule has 0 aromatic rings. The first kappa shape index (κ1) is 18.4.